The van der Waals surface area contributed by atoms with E-state index in [0.717, 1.165) is 5.69 Å². The number of benzene rings is 1. The van der Waals surface area contributed by atoms with E-state index in [4.69, 9.17) is 10.5 Å². The third-order valence-electron chi connectivity index (χ3n) is 3.62. The van der Waals surface area contributed by atoms with Crippen molar-refractivity contribution in [3.05, 3.63) is 24.3 Å². The van der Waals surface area contributed by atoms with E-state index in [1.807, 2.05) is 36.9 Å². The first-order valence-electron chi connectivity index (χ1n) is 7.14. The van der Waals surface area contributed by atoms with Gasteiger partial charge in [0.2, 0.25) is 5.91 Å². The van der Waals surface area contributed by atoms with E-state index in [1.165, 1.54) is 0 Å². The van der Waals surface area contributed by atoms with E-state index >= 15 is 0 Å². The van der Waals surface area contributed by atoms with E-state index in [-0.39, 0.29) is 12.5 Å². The molecular weight excluding hydrogens is 270 g/mol. The van der Waals surface area contributed by atoms with Crippen LogP contribution in [0.5, 0.6) is 5.75 Å². The fraction of sp³-hybridized carbons (Fsp3) is 0.467. The van der Waals surface area contributed by atoms with Gasteiger partial charge in [0.15, 0.2) is 6.10 Å². The number of rotatable bonds is 5. The molecule has 2 N–H and O–H groups in total. The summed E-state index contributed by atoms with van der Waals surface area (Å²) in [5.74, 6) is 0.0876. The van der Waals surface area contributed by atoms with Crippen molar-refractivity contribution < 1.29 is 14.3 Å². The second-order valence-corrected chi connectivity index (χ2v) is 4.92. The Hall–Kier alpha value is -2.24. The average Bonchev–Trinajstić information content (AvgIpc) is 2.48. The molecule has 1 aromatic rings. The number of carbonyl (C=O) groups is 2. The lowest BCUT2D eigenvalue weighted by atomic mass is 10.1. The summed E-state index contributed by atoms with van der Waals surface area (Å²) in [7, 11) is 0. The molecule has 1 atom stereocenters. The molecule has 1 heterocycles. The zero-order chi connectivity index (χ0) is 15.4. The Kier molecular flexibility index (Phi) is 4.67. The number of fused-ring (bicyclic) bond motifs is 1. The molecule has 21 heavy (non-hydrogen) atoms. The molecule has 0 spiro atoms. The lowest BCUT2D eigenvalue weighted by Gasteiger charge is -2.35. The topological polar surface area (TPSA) is 75.9 Å². The third-order valence-corrected chi connectivity index (χ3v) is 3.62. The van der Waals surface area contributed by atoms with Gasteiger partial charge in [0.05, 0.1) is 18.8 Å². The van der Waals surface area contributed by atoms with Gasteiger partial charge in [-0.25, -0.2) is 0 Å². The smallest absolute Gasteiger partial charge is 0.260 e. The minimum absolute atomic E-state index is 0.0277. The van der Waals surface area contributed by atoms with Gasteiger partial charge in [0.25, 0.3) is 5.91 Å². The standard InChI is InChI=1S/C15H21N3O3/c1-3-17(4-2)14(19)10-18-9-13(15(16)20)21-12-8-6-5-7-11(12)18/h5-8,13H,3-4,9-10H2,1-2H3,(H2,16,20)/t13-/m0/s1. The van der Waals surface area contributed by atoms with Crippen LogP contribution in [0, 0.1) is 0 Å². The van der Waals surface area contributed by atoms with Crippen molar-refractivity contribution in [3.8, 4) is 5.75 Å². The Labute approximate surface area is 124 Å². The molecule has 0 aliphatic carbocycles. The molecule has 0 radical (unpaired) electrons. The van der Waals surface area contributed by atoms with Crippen molar-refractivity contribution in [1.29, 1.82) is 0 Å². The highest BCUT2D eigenvalue weighted by molar-refractivity contribution is 5.85. The Morgan fingerprint density at radius 3 is 2.62 bits per heavy atom. The molecule has 2 amide bonds. The molecule has 6 heteroatoms. The monoisotopic (exact) mass is 291 g/mol. The van der Waals surface area contributed by atoms with Gasteiger partial charge in [0.1, 0.15) is 5.75 Å². The number of hydrogen-bond acceptors (Lipinski definition) is 4. The fourth-order valence-electron chi connectivity index (χ4n) is 2.44. The molecule has 0 fully saturated rings. The summed E-state index contributed by atoms with van der Waals surface area (Å²) >= 11 is 0. The van der Waals surface area contributed by atoms with Crippen molar-refractivity contribution in [1.82, 2.24) is 4.90 Å². The molecule has 0 bridgehead atoms. The van der Waals surface area contributed by atoms with Crippen LogP contribution in [-0.4, -0.2) is 49.0 Å². The number of likely N-dealkylation sites (N-methyl/N-ethyl adjacent to an activating group) is 1. The summed E-state index contributed by atoms with van der Waals surface area (Å²) in [6.45, 7) is 5.73. The quantitative estimate of drug-likeness (QED) is 0.862. The van der Waals surface area contributed by atoms with Gasteiger partial charge < -0.3 is 20.3 Å². The second kappa shape index (κ2) is 6.47. The predicted octanol–water partition coefficient (Wildman–Crippen LogP) is 0.608. The van der Waals surface area contributed by atoms with Gasteiger partial charge >= 0.3 is 0 Å². The summed E-state index contributed by atoms with van der Waals surface area (Å²) in [6, 6.07) is 7.36. The number of hydrogen-bond donors (Lipinski definition) is 1. The minimum Gasteiger partial charge on any atom is -0.477 e. The largest absolute Gasteiger partial charge is 0.477 e. The van der Waals surface area contributed by atoms with Gasteiger partial charge in [0, 0.05) is 13.1 Å². The number of para-hydroxylation sites is 2. The normalized spacial score (nSPS) is 16.9. The highest BCUT2D eigenvalue weighted by Crippen LogP contribution is 2.32. The highest BCUT2D eigenvalue weighted by Gasteiger charge is 2.30. The molecule has 1 aliphatic rings. The first kappa shape index (κ1) is 15.2. The Balaban J connectivity index is 2.21. The van der Waals surface area contributed by atoms with Gasteiger partial charge in [-0.3, -0.25) is 9.59 Å². The highest BCUT2D eigenvalue weighted by atomic mass is 16.5. The van der Waals surface area contributed by atoms with Crippen LogP contribution in [-0.2, 0) is 9.59 Å². The minimum atomic E-state index is -0.732. The molecule has 0 aromatic heterocycles. The number of carbonyl (C=O) groups excluding carboxylic acids is 2. The summed E-state index contributed by atoms with van der Waals surface area (Å²) in [5.41, 5.74) is 6.16. The lowest BCUT2D eigenvalue weighted by Crippen LogP contribution is -2.50. The molecule has 2 rings (SSSR count). The predicted molar refractivity (Wildman–Crippen MR) is 80.2 cm³/mol. The molecular formula is C15H21N3O3. The van der Waals surface area contributed by atoms with Gasteiger partial charge in [-0.05, 0) is 26.0 Å². The average molecular weight is 291 g/mol. The number of anilines is 1. The van der Waals surface area contributed by atoms with Crippen LogP contribution in [0.15, 0.2) is 24.3 Å². The van der Waals surface area contributed by atoms with E-state index in [2.05, 4.69) is 0 Å². The van der Waals surface area contributed by atoms with Crippen LogP contribution in [0.25, 0.3) is 0 Å². The SMILES string of the molecule is CCN(CC)C(=O)CN1C[C@@H](C(N)=O)Oc2ccccc21. The molecule has 0 saturated heterocycles. The van der Waals surface area contributed by atoms with Crippen molar-refractivity contribution in [2.24, 2.45) is 5.73 Å². The summed E-state index contributed by atoms with van der Waals surface area (Å²) < 4.78 is 5.58. The molecule has 6 nitrogen and oxygen atoms in total. The zero-order valence-corrected chi connectivity index (χ0v) is 12.4. The van der Waals surface area contributed by atoms with Crippen LogP contribution in [0.3, 0.4) is 0 Å². The number of amides is 2. The number of primary amides is 1. The van der Waals surface area contributed by atoms with Gasteiger partial charge in [-0.1, -0.05) is 12.1 Å². The van der Waals surface area contributed by atoms with Crippen molar-refractivity contribution >= 4 is 17.5 Å². The summed E-state index contributed by atoms with van der Waals surface area (Å²) in [6.07, 6.45) is -0.732. The van der Waals surface area contributed by atoms with Crippen molar-refractivity contribution in [2.45, 2.75) is 20.0 Å². The fourth-order valence-corrected chi connectivity index (χ4v) is 2.44. The van der Waals surface area contributed by atoms with Crippen LogP contribution >= 0.6 is 0 Å². The summed E-state index contributed by atoms with van der Waals surface area (Å²) in [4.78, 5) is 27.3. The Morgan fingerprint density at radius 2 is 2.00 bits per heavy atom. The van der Waals surface area contributed by atoms with Crippen LogP contribution in [0.4, 0.5) is 5.69 Å². The molecule has 0 saturated carbocycles. The summed E-state index contributed by atoms with van der Waals surface area (Å²) in [5, 5.41) is 0. The maximum Gasteiger partial charge on any atom is 0.260 e. The van der Waals surface area contributed by atoms with Crippen molar-refractivity contribution in [3.63, 3.8) is 0 Å². The molecule has 1 aliphatic heterocycles. The Morgan fingerprint density at radius 1 is 1.33 bits per heavy atom. The van der Waals surface area contributed by atoms with Crippen molar-refractivity contribution in [2.75, 3.05) is 31.1 Å². The van der Waals surface area contributed by atoms with Crippen LogP contribution in [0.2, 0.25) is 0 Å². The van der Waals surface area contributed by atoms with Crippen LogP contribution < -0.4 is 15.4 Å². The maximum absolute atomic E-state index is 12.3. The van der Waals surface area contributed by atoms with E-state index < -0.39 is 12.0 Å². The third kappa shape index (κ3) is 3.26. The first-order chi connectivity index (χ1) is 10.1. The lowest BCUT2D eigenvalue weighted by molar-refractivity contribution is -0.130. The number of nitrogens with two attached hydrogens (primary N) is 1. The van der Waals surface area contributed by atoms with Gasteiger partial charge in [-0.15, -0.1) is 0 Å². The second-order valence-electron chi connectivity index (χ2n) is 4.92. The first-order valence-corrected chi connectivity index (χ1v) is 7.14. The van der Waals surface area contributed by atoms with Gasteiger partial charge in [-0.2, -0.15) is 0 Å². The Bertz CT molecular complexity index is 529. The molecule has 1 aromatic carbocycles. The molecule has 114 valence electrons. The van der Waals surface area contributed by atoms with E-state index in [1.54, 1.807) is 11.0 Å². The number of nitrogens with zero attached hydrogens (tertiary/aromatic N) is 2. The van der Waals surface area contributed by atoms with E-state index in [9.17, 15) is 9.59 Å². The van der Waals surface area contributed by atoms with Crippen LogP contribution in [0.1, 0.15) is 13.8 Å². The maximum atomic E-state index is 12.3. The zero-order valence-electron chi connectivity index (χ0n) is 12.4. The van der Waals surface area contributed by atoms with E-state index in [0.29, 0.717) is 25.4 Å². The number of ether oxygens (including phenoxy) is 1. The molecule has 0 unspecified atom stereocenters.